The number of aliphatic hydroxyl groups excluding tert-OH is 1. The Balaban J connectivity index is 1.59. The minimum atomic E-state index is -4.14. The van der Waals surface area contributed by atoms with Gasteiger partial charge in [-0.25, -0.2) is 18.4 Å². The van der Waals surface area contributed by atoms with Gasteiger partial charge in [0.25, 0.3) is 15.9 Å². The number of hydrogen-bond donors (Lipinski definition) is 4. The molecule has 2 heterocycles. The van der Waals surface area contributed by atoms with Crippen LogP contribution in [0.2, 0.25) is 15.1 Å². The van der Waals surface area contributed by atoms with Gasteiger partial charge in [0.1, 0.15) is 11.4 Å². The van der Waals surface area contributed by atoms with Crippen LogP contribution >= 0.6 is 34.8 Å². The van der Waals surface area contributed by atoms with Gasteiger partial charge in [0.05, 0.1) is 44.5 Å². The van der Waals surface area contributed by atoms with E-state index in [9.17, 15) is 18.3 Å². The zero-order valence-electron chi connectivity index (χ0n) is 19.4. The highest BCUT2D eigenvalue weighted by Crippen LogP contribution is 2.33. The molecule has 4 aromatic rings. The fourth-order valence-electron chi connectivity index (χ4n) is 3.36. The Kier molecular flexibility index (Phi) is 8.75. The summed E-state index contributed by atoms with van der Waals surface area (Å²) in [6.45, 7) is -0.312. The molecule has 0 saturated heterocycles. The van der Waals surface area contributed by atoms with Gasteiger partial charge in [-0.1, -0.05) is 46.9 Å². The second-order valence-corrected chi connectivity index (χ2v) is 10.9. The van der Waals surface area contributed by atoms with E-state index < -0.39 is 22.0 Å². The molecule has 4 rings (SSSR count). The molecule has 2 aromatic carbocycles. The lowest BCUT2D eigenvalue weighted by Gasteiger charge is -2.18. The monoisotopic (exact) mass is 595 g/mol. The van der Waals surface area contributed by atoms with Gasteiger partial charge in [0, 0.05) is 24.5 Å². The van der Waals surface area contributed by atoms with Crippen LogP contribution in [-0.2, 0) is 16.4 Å². The van der Waals surface area contributed by atoms with Gasteiger partial charge in [0.15, 0.2) is 0 Å². The van der Waals surface area contributed by atoms with Crippen LogP contribution in [0.4, 0.5) is 5.69 Å². The van der Waals surface area contributed by atoms with Crippen LogP contribution in [-0.4, -0.2) is 47.0 Å². The molecule has 2 aromatic heterocycles. The molecule has 0 aliphatic rings. The summed E-state index contributed by atoms with van der Waals surface area (Å²) in [4.78, 5) is 23.9. The number of carbonyl (C=O) groups is 1. The van der Waals surface area contributed by atoms with Gasteiger partial charge in [0.2, 0.25) is 5.88 Å². The zero-order valence-corrected chi connectivity index (χ0v) is 22.4. The number of hydrogen-bond acceptors (Lipinski definition) is 7. The highest BCUT2D eigenvalue weighted by molar-refractivity contribution is 7.92. The Morgan fingerprint density at radius 1 is 1.08 bits per heavy atom. The van der Waals surface area contributed by atoms with Crippen molar-refractivity contribution in [1.29, 1.82) is 0 Å². The molecule has 10 nitrogen and oxygen atoms in total. The number of aliphatic hydroxyl groups is 1. The number of anilines is 1. The lowest BCUT2D eigenvalue weighted by molar-refractivity contribution is 0.0914. The smallest absolute Gasteiger partial charge is 0.262 e. The third-order valence-electron chi connectivity index (χ3n) is 5.18. The third-order valence-corrected chi connectivity index (χ3v) is 7.49. The molecule has 0 aliphatic heterocycles. The summed E-state index contributed by atoms with van der Waals surface area (Å²) in [7, 11) is -4.14. The number of ether oxygens (including phenoxy) is 1. The van der Waals surface area contributed by atoms with Crippen molar-refractivity contribution >= 4 is 56.4 Å². The number of imidazole rings is 1. The number of aromatic amines is 1. The lowest BCUT2D eigenvalue weighted by Crippen LogP contribution is -2.39. The lowest BCUT2D eigenvalue weighted by atomic mass is 10.1. The normalized spacial score (nSPS) is 12.1. The first kappa shape index (κ1) is 27.7. The summed E-state index contributed by atoms with van der Waals surface area (Å²) in [5, 5.41) is 12.9. The number of nitrogens with one attached hydrogen (secondary N) is 3. The number of amides is 1. The molecule has 38 heavy (non-hydrogen) atoms. The van der Waals surface area contributed by atoms with Crippen LogP contribution in [0, 0.1) is 0 Å². The van der Waals surface area contributed by atoms with Crippen LogP contribution in [0.15, 0.2) is 72.1 Å². The zero-order chi connectivity index (χ0) is 27.3. The number of halogens is 3. The maximum Gasteiger partial charge on any atom is 0.262 e. The van der Waals surface area contributed by atoms with Crippen LogP contribution in [0.25, 0.3) is 0 Å². The number of nitrogens with zero attached hydrogens (tertiary/aromatic N) is 2. The van der Waals surface area contributed by atoms with E-state index in [-0.39, 0.29) is 49.5 Å². The second-order valence-electron chi connectivity index (χ2n) is 7.92. The molecule has 0 radical (unpaired) electrons. The number of para-hydroxylation sites is 1. The first-order valence-corrected chi connectivity index (χ1v) is 13.6. The predicted octanol–water partition coefficient (Wildman–Crippen LogP) is 4.69. The standard InChI is InChI=1S/C24H20Cl3N5O5S/c25-14-7-21(32-38(35,36)17-5-6-19(26)20(27)9-17)24(29-10-14)37-22-4-2-1-3-18(22)23(34)31-16(12-33)8-15-11-28-13-30-15/h1-7,9-11,13,16,32-33H,8,12H2,(H,28,30)(H,31,34). The van der Waals surface area contributed by atoms with Crippen LogP contribution in [0.5, 0.6) is 11.6 Å². The minimum absolute atomic E-state index is 0.0592. The van der Waals surface area contributed by atoms with Crippen molar-refractivity contribution in [2.75, 3.05) is 11.3 Å². The highest BCUT2D eigenvalue weighted by Gasteiger charge is 2.22. The van der Waals surface area contributed by atoms with Gasteiger partial charge in [-0.05, 0) is 36.4 Å². The van der Waals surface area contributed by atoms with E-state index in [2.05, 4.69) is 25.0 Å². The fourth-order valence-corrected chi connectivity index (χ4v) is 4.96. The van der Waals surface area contributed by atoms with Crippen molar-refractivity contribution < 1.29 is 23.1 Å². The average molecular weight is 597 g/mol. The summed E-state index contributed by atoms with van der Waals surface area (Å²) in [6.07, 6.45) is 4.69. The number of H-pyrrole nitrogens is 1. The van der Waals surface area contributed by atoms with E-state index in [4.69, 9.17) is 39.5 Å². The minimum Gasteiger partial charge on any atom is -0.436 e. The van der Waals surface area contributed by atoms with E-state index in [0.717, 1.165) is 5.69 Å². The highest BCUT2D eigenvalue weighted by atomic mass is 35.5. The largest absolute Gasteiger partial charge is 0.436 e. The number of benzene rings is 2. The molecular formula is C24H20Cl3N5O5S. The van der Waals surface area contributed by atoms with Crippen molar-refractivity contribution in [2.45, 2.75) is 17.4 Å². The van der Waals surface area contributed by atoms with Gasteiger partial charge < -0.3 is 20.1 Å². The van der Waals surface area contributed by atoms with E-state index in [0.29, 0.717) is 6.42 Å². The summed E-state index contributed by atoms with van der Waals surface area (Å²) in [6, 6.07) is 10.9. The molecule has 198 valence electrons. The molecule has 14 heteroatoms. The van der Waals surface area contributed by atoms with Crippen LogP contribution in [0.1, 0.15) is 16.1 Å². The molecule has 0 saturated carbocycles. The Hall–Kier alpha value is -3.35. The van der Waals surface area contributed by atoms with Crippen molar-refractivity contribution in [1.82, 2.24) is 20.3 Å². The molecule has 0 aliphatic carbocycles. The topological polar surface area (TPSA) is 146 Å². The number of sulfonamides is 1. The maximum atomic E-state index is 13.1. The molecule has 1 unspecified atom stereocenters. The Labute approximate surface area is 233 Å². The quantitative estimate of drug-likeness (QED) is 0.208. The van der Waals surface area contributed by atoms with E-state index in [1.807, 2.05) is 0 Å². The number of aromatic nitrogens is 3. The number of carbonyl (C=O) groups excluding carboxylic acids is 1. The SMILES string of the molecule is O=C(NC(CO)Cc1cnc[nH]1)c1ccccc1Oc1ncc(Cl)cc1NS(=O)(=O)c1ccc(Cl)c(Cl)c1. The number of rotatable bonds is 10. The van der Waals surface area contributed by atoms with Crippen LogP contribution < -0.4 is 14.8 Å². The molecular weight excluding hydrogens is 577 g/mol. The third kappa shape index (κ3) is 6.74. The van der Waals surface area contributed by atoms with E-state index >= 15 is 0 Å². The van der Waals surface area contributed by atoms with Crippen molar-refractivity contribution in [2.24, 2.45) is 0 Å². The van der Waals surface area contributed by atoms with Gasteiger partial charge in [-0.15, -0.1) is 0 Å². The Morgan fingerprint density at radius 3 is 2.58 bits per heavy atom. The van der Waals surface area contributed by atoms with Gasteiger partial charge in [-0.2, -0.15) is 0 Å². The summed E-state index contributed by atoms with van der Waals surface area (Å²) in [5.74, 6) is -0.589. The molecule has 0 fully saturated rings. The molecule has 4 N–H and O–H groups in total. The van der Waals surface area contributed by atoms with Crippen molar-refractivity contribution in [3.8, 4) is 11.6 Å². The molecule has 1 atom stereocenters. The van der Waals surface area contributed by atoms with Crippen molar-refractivity contribution in [3.05, 3.63) is 93.6 Å². The van der Waals surface area contributed by atoms with Crippen LogP contribution in [0.3, 0.4) is 0 Å². The second kappa shape index (κ2) is 12.0. The predicted molar refractivity (Wildman–Crippen MR) is 144 cm³/mol. The molecule has 1 amide bonds. The summed E-state index contributed by atoms with van der Waals surface area (Å²) >= 11 is 17.9. The van der Waals surface area contributed by atoms with Gasteiger partial charge in [-0.3, -0.25) is 9.52 Å². The Morgan fingerprint density at radius 2 is 1.87 bits per heavy atom. The first-order valence-electron chi connectivity index (χ1n) is 11.0. The fraction of sp³-hybridized carbons (Fsp3) is 0.125. The average Bonchev–Trinajstić information content (AvgIpc) is 3.40. The van der Waals surface area contributed by atoms with Crippen molar-refractivity contribution in [3.63, 3.8) is 0 Å². The molecule has 0 spiro atoms. The Bertz CT molecular complexity index is 1550. The maximum absolute atomic E-state index is 13.1. The van der Waals surface area contributed by atoms with E-state index in [1.165, 1.54) is 48.9 Å². The summed E-state index contributed by atoms with van der Waals surface area (Å²) < 4.78 is 34.3. The first-order chi connectivity index (χ1) is 18.2. The number of pyridine rings is 1. The van der Waals surface area contributed by atoms with Gasteiger partial charge >= 0.3 is 0 Å². The molecule has 0 bridgehead atoms. The van der Waals surface area contributed by atoms with E-state index in [1.54, 1.807) is 18.3 Å². The summed E-state index contributed by atoms with van der Waals surface area (Å²) in [5.41, 5.74) is 0.787.